The number of nitrogens with zero attached hydrogens (tertiary/aromatic N) is 1. The van der Waals surface area contributed by atoms with E-state index >= 15 is 0 Å². The lowest BCUT2D eigenvalue weighted by molar-refractivity contribution is 0.635. The first-order valence-electron chi connectivity index (χ1n) is 6.37. The van der Waals surface area contributed by atoms with Crippen LogP contribution in [-0.2, 0) is 0 Å². The number of aromatic nitrogens is 1. The highest BCUT2D eigenvalue weighted by molar-refractivity contribution is 5.83. The van der Waals surface area contributed by atoms with Crippen molar-refractivity contribution in [2.24, 2.45) is 0 Å². The molecular weight excluding hydrogens is 227 g/mol. The monoisotopic (exact) mass is 246 g/mol. The van der Waals surface area contributed by atoms with Gasteiger partial charge in [0, 0.05) is 11.9 Å². The van der Waals surface area contributed by atoms with E-state index in [4.69, 9.17) is 0 Å². The fraction of sp³-hybridized carbons (Fsp3) is 0.400. The van der Waals surface area contributed by atoms with Crippen LogP contribution < -0.4 is 5.32 Å². The molecule has 2 nitrogen and oxygen atoms in total. The molecule has 0 bridgehead atoms. The first kappa shape index (κ1) is 12.8. The van der Waals surface area contributed by atoms with E-state index in [2.05, 4.69) is 24.1 Å². The van der Waals surface area contributed by atoms with E-state index in [1.54, 1.807) is 0 Å². The average Bonchev–Trinajstić information content (AvgIpc) is 2.29. The minimum absolute atomic E-state index is 0.251. The number of hydrogen-bond acceptors (Lipinski definition) is 2. The van der Waals surface area contributed by atoms with Crippen LogP contribution in [-0.4, -0.2) is 11.5 Å². The molecule has 3 heteroatoms. The van der Waals surface area contributed by atoms with Crippen LogP contribution in [0.25, 0.3) is 10.9 Å². The highest BCUT2D eigenvalue weighted by Gasteiger charge is 2.12. The van der Waals surface area contributed by atoms with Crippen molar-refractivity contribution in [3.05, 3.63) is 35.1 Å². The quantitative estimate of drug-likeness (QED) is 0.876. The molecular formula is C15H19FN2. The zero-order valence-electron chi connectivity index (χ0n) is 11.3. The van der Waals surface area contributed by atoms with Crippen LogP contribution in [0, 0.1) is 12.7 Å². The predicted octanol–water partition coefficient (Wildman–Crippen LogP) is 4.24. The number of rotatable bonds is 3. The molecule has 0 atom stereocenters. The normalized spacial score (nSPS) is 11.2. The molecule has 0 aliphatic heterocycles. The molecule has 1 heterocycles. The standard InChI is InChI=1S/C15H19FN2/c1-5-17-15-12(9(2)3)8-11-6-10(4)7-13(16)14(11)18-15/h6-9H,5H2,1-4H3,(H,17,18). The minimum Gasteiger partial charge on any atom is -0.370 e. The summed E-state index contributed by atoms with van der Waals surface area (Å²) in [5, 5.41) is 4.09. The summed E-state index contributed by atoms with van der Waals surface area (Å²) in [4.78, 5) is 4.44. The average molecular weight is 246 g/mol. The van der Waals surface area contributed by atoms with Gasteiger partial charge >= 0.3 is 0 Å². The van der Waals surface area contributed by atoms with Crippen LogP contribution in [0.3, 0.4) is 0 Å². The van der Waals surface area contributed by atoms with E-state index in [1.807, 2.05) is 26.0 Å². The van der Waals surface area contributed by atoms with Crippen LogP contribution in [0.2, 0.25) is 0 Å². The fourth-order valence-corrected chi connectivity index (χ4v) is 2.15. The summed E-state index contributed by atoms with van der Waals surface area (Å²) in [6.45, 7) is 8.94. The second-order valence-corrected chi connectivity index (χ2v) is 4.93. The molecule has 0 saturated heterocycles. The number of nitrogens with one attached hydrogen (secondary N) is 1. The van der Waals surface area contributed by atoms with Gasteiger partial charge in [0.1, 0.15) is 17.2 Å². The van der Waals surface area contributed by atoms with Gasteiger partial charge in [0.15, 0.2) is 0 Å². The summed E-state index contributed by atoms with van der Waals surface area (Å²) in [7, 11) is 0. The van der Waals surface area contributed by atoms with Crippen molar-refractivity contribution in [3.8, 4) is 0 Å². The third-order valence-electron chi connectivity index (χ3n) is 3.01. The van der Waals surface area contributed by atoms with Crippen molar-refractivity contribution in [2.75, 3.05) is 11.9 Å². The summed E-state index contributed by atoms with van der Waals surface area (Å²) in [6, 6.07) is 5.55. The molecule has 0 aliphatic rings. The molecule has 0 aliphatic carbocycles. The smallest absolute Gasteiger partial charge is 0.149 e. The number of aryl methyl sites for hydroxylation is 1. The van der Waals surface area contributed by atoms with Crippen LogP contribution in [0.5, 0.6) is 0 Å². The van der Waals surface area contributed by atoms with Gasteiger partial charge in [-0.1, -0.05) is 13.8 Å². The van der Waals surface area contributed by atoms with Gasteiger partial charge in [-0.25, -0.2) is 9.37 Å². The minimum atomic E-state index is -0.251. The summed E-state index contributed by atoms with van der Waals surface area (Å²) in [6.07, 6.45) is 0. The molecule has 18 heavy (non-hydrogen) atoms. The first-order valence-corrected chi connectivity index (χ1v) is 6.37. The maximum atomic E-state index is 13.9. The maximum Gasteiger partial charge on any atom is 0.149 e. The molecule has 2 aromatic rings. The lowest BCUT2D eigenvalue weighted by Gasteiger charge is -2.14. The molecule has 0 saturated carbocycles. The first-order chi connectivity index (χ1) is 8.52. The molecule has 0 fully saturated rings. The lowest BCUT2D eigenvalue weighted by Crippen LogP contribution is -2.05. The van der Waals surface area contributed by atoms with Gasteiger partial charge < -0.3 is 5.32 Å². The van der Waals surface area contributed by atoms with Crippen molar-refractivity contribution in [3.63, 3.8) is 0 Å². The van der Waals surface area contributed by atoms with Crippen molar-refractivity contribution in [1.82, 2.24) is 4.98 Å². The number of hydrogen-bond donors (Lipinski definition) is 1. The number of halogens is 1. The zero-order valence-corrected chi connectivity index (χ0v) is 11.3. The number of anilines is 1. The maximum absolute atomic E-state index is 13.9. The van der Waals surface area contributed by atoms with E-state index in [9.17, 15) is 4.39 Å². The Morgan fingerprint density at radius 3 is 2.61 bits per heavy atom. The SMILES string of the molecule is CCNc1nc2c(F)cc(C)cc2cc1C(C)C. The van der Waals surface area contributed by atoms with Crippen molar-refractivity contribution >= 4 is 16.7 Å². The van der Waals surface area contributed by atoms with E-state index in [0.29, 0.717) is 11.4 Å². The van der Waals surface area contributed by atoms with Gasteiger partial charge in [-0.2, -0.15) is 0 Å². The van der Waals surface area contributed by atoms with Crippen LogP contribution >= 0.6 is 0 Å². The summed E-state index contributed by atoms with van der Waals surface area (Å²) in [5.41, 5.74) is 2.50. The van der Waals surface area contributed by atoms with Gasteiger partial charge in [0.2, 0.25) is 0 Å². The summed E-state index contributed by atoms with van der Waals surface area (Å²) < 4.78 is 13.9. The Morgan fingerprint density at radius 2 is 2.00 bits per heavy atom. The Balaban J connectivity index is 2.72. The van der Waals surface area contributed by atoms with Gasteiger partial charge in [-0.05, 0) is 49.1 Å². The van der Waals surface area contributed by atoms with Gasteiger partial charge in [-0.3, -0.25) is 0 Å². The van der Waals surface area contributed by atoms with E-state index < -0.39 is 0 Å². The van der Waals surface area contributed by atoms with Gasteiger partial charge in [0.05, 0.1) is 0 Å². The fourth-order valence-electron chi connectivity index (χ4n) is 2.15. The van der Waals surface area contributed by atoms with Crippen LogP contribution in [0.1, 0.15) is 37.8 Å². The van der Waals surface area contributed by atoms with Crippen LogP contribution in [0.4, 0.5) is 10.2 Å². The third kappa shape index (κ3) is 2.30. The molecule has 0 radical (unpaired) electrons. The molecule has 0 amide bonds. The number of pyridine rings is 1. The lowest BCUT2D eigenvalue weighted by atomic mass is 10.0. The van der Waals surface area contributed by atoms with Crippen molar-refractivity contribution in [2.45, 2.75) is 33.6 Å². The second-order valence-electron chi connectivity index (χ2n) is 4.93. The van der Waals surface area contributed by atoms with E-state index in [1.165, 1.54) is 6.07 Å². The molecule has 2 rings (SSSR count). The predicted molar refractivity (Wildman–Crippen MR) is 74.7 cm³/mol. The van der Waals surface area contributed by atoms with Gasteiger partial charge in [-0.15, -0.1) is 0 Å². The molecule has 1 N–H and O–H groups in total. The third-order valence-corrected chi connectivity index (χ3v) is 3.01. The van der Waals surface area contributed by atoms with Crippen molar-refractivity contribution < 1.29 is 4.39 Å². The van der Waals surface area contributed by atoms with Crippen molar-refractivity contribution in [1.29, 1.82) is 0 Å². The Bertz CT molecular complexity index is 576. The molecule has 1 aromatic carbocycles. The molecule has 1 aromatic heterocycles. The molecule has 0 spiro atoms. The van der Waals surface area contributed by atoms with E-state index in [0.717, 1.165) is 28.9 Å². The largest absolute Gasteiger partial charge is 0.370 e. The molecule has 96 valence electrons. The summed E-state index contributed by atoms with van der Waals surface area (Å²) >= 11 is 0. The second kappa shape index (κ2) is 4.92. The number of benzene rings is 1. The van der Waals surface area contributed by atoms with E-state index in [-0.39, 0.29) is 5.82 Å². The molecule has 0 unspecified atom stereocenters. The highest BCUT2D eigenvalue weighted by atomic mass is 19.1. The Labute approximate surface area is 107 Å². The number of fused-ring (bicyclic) bond motifs is 1. The Kier molecular flexibility index (Phi) is 3.50. The Morgan fingerprint density at radius 1 is 1.28 bits per heavy atom. The Hall–Kier alpha value is -1.64. The highest BCUT2D eigenvalue weighted by Crippen LogP contribution is 2.28. The summed E-state index contributed by atoms with van der Waals surface area (Å²) in [5.74, 6) is 0.904. The topological polar surface area (TPSA) is 24.9 Å². The van der Waals surface area contributed by atoms with Gasteiger partial charge in [0.25, 0.3) is 0 Å². The van der Waals surface area contributed by atoms with Crippen LogP contribution in [0.15, 0.2) is 18.2 Å². The zero-order chi connectivity index (χ0) is 13.3.